The summed E-state index contributed by atoms with van der Waals surface area (Å²) in [5, 5.41) is 0. The number of carbonyl (C=O) groups excluding carboxylic acids is 1. The Kier molecular flexibility index (Phi) is 4.06. The zero-order chi connectivity index (χ0) is 12.3. The molecule has 0 aliphatic heterocycles. The van der Waals surface area contributed by atoms with E-state index in [0.717, 1.165) is 0 Å². The van der Waals surface area contributed by atoms with E-state index in [1.165, 1.54) is 42.4 Å². The lowest BCUT2D eigenvalue weighted by Gasteiger charge is -2.19. The van der Waals surface area contributed by atoms with Gasteiger partial charge in [-0.15, -0.1) is 11.6 Å². The van der Waals surface area contributed by atoms with Crippen LogP contribution in [0.4, 0.5) is 0 Å². The van der Waals surface area contributed by atoms with Crippen molar-refractivity contribution in [3.05, 3.63) is 34.9 Å². The Hall–Kier alpha value is -1.02. The number of hydrogen-bond donors (Lipinski definition) is 0. The van der Waals surface area contributed by atoms with E-state index < -0.39 is 0 Å². The first-order chi connectivity index (χ1) is 8.20. The van der Waals surface area contributed by atoms with Crippen molar-refractivity contribution in [2.45, 2.75) is 32.2 Å². The van der Waals surface area contributed by atoms with E-state index in [-0.39, 0.29) is 11.8 Å². The minimum absolute atomic E-state index is 0.0237. The van der Waals surface area contributed by atoms with Crippen LogP contribution in [0.25, 0.3) is 0 Å². The summed E-state index contributed by atoms with van der Waals surface area (Å²) in [7, 11) is 1.80. The lowest BCUT2D eigenvalue weighted by molar-refractivity contribution is -0.127. The second kappa shape index (κ2) is 5.54. The minimum atomic E-state index is -0.0237. The van der Waals surface area contributed by atoms with Gasteiger partial charge in [0, 0.05) is 13.6 Å². The number of rotatable bonds is 3. The van der Waals surface area contributed by atoms with E-state index in [9.17, 15) is 4.79 Å². The van der Waals surface area contributed by atoms with E-state index in [1.807, 2.05) is 0 Å². The molecule has 0 fully saturated rings. The number of fused-ring (bicyclic) bond motifs is 1. The highest BCUT2D eigenvalue weighted by atomic mass is 35.5. The van der Waals surface area contributed by atoms with Gasteiger partial charge in [-0.2, -0.15) is 0 Å². The van der Waals surface area contributed by atoms with Crippen LogP contribution in [-0.4, -0.2) is 23.7 Å². The van der Waals surface area contributed by atoms with Crippen molar-refractivity contribution < 1.29 is 4.79 Å². The third-order valence-corrected chi connectivity index (χ3v) is 3.60. The predicted molar refractivity (Wildman–Crippen MR) is 70.3 cm³/mol. The minimum Gasteiger partial charge on any atom is -0.340 e. The summed E-state index contributed by atoms with van der Waals surface area (Å²) in [6.07, 6.45) is 4.96. The molecule has 2 rings (SSSR count). The van der Waals surface area contributed by atoms with Crippen LogP contribution < -0.4 is 0 Å². The topological polar surface area (TPSA) is 20.3 Å². The Balaban J connectivity index is 2.09. The predicted octanol–water partition coefficient (Wildman–Crippen LogP) is 2.76. The third-order valence-electron chi connectivity index (χ3n) is 3.37. The second-order valence-electron chi connectivity index (χ2n) is 4.69. The van der Waals surface area contributed by atoms with Crippen molar-refractivity contribution in [3.63, 3.8) is 0 Å². The molecule has 0 N–H and O–H groups in total. The van der Waals surface area contributed by atoms with Crippen molar-refractivity contribution in [3.8, 4) is 0 Å². The van der Waals surface area contributed by atoms with Crippen molar-refractivity contribution in [2.24, 2.45) is 0 Å². The van der Waals surface area contributed by atoms with Gasteiger partial charge >= 0.3 is 0 Å². The number of alkyl halides is 1. The Morgan fingerprint density at radius 1 is 1.29 bits per heavy atom. The molecule has 1 amide bonds. The fourth-order valence-corrected chi connectivity index (χ4v) is 2.55. The van der Waals surface area contributed by atoms with Gasteiger partial charge in [0.15, 0.2) is 0 Å². The van der Waals surface area contributed by atoms with Crippen LogP contribution in [0.2, 0.25) is 0 Å². The molecule has 0 aromatic heterocycles. The van der Waals surface area contributed by atoms with Gasteiger partial charge in [-0.3, -0.25) is 4.79 Å². The van der Waals surface area contributed by atoms with E-state index in [0.29, 0.717) is 6.54 Å². The maximum atomic E-state index is 11.4. The van der Waals surface area contributed by atoms with Crippen LogP contribution >= 0.6 is 11.6 Å². The van der Waals surface area contributed by atoms with Crippen molar-refractivity contribution in [1.82, 2.24) is 4.90 Å². The fraction of sp³-hybridized carbons (Fsp3) is 0.500. The molecule has 0 atom stereocenters. The summed E-state index contributed by atoms with van der Waals surface area (Å²) < 4.78 is 0. The molecule has 0 heterocycles. The van der Waals surface area contributed by atoms with Gasteiger partial charge in [0.1, 0.15) is 5.88 Å². The summed E-state index contributed by atoms with van der Waals surface area (Å²) in [6, 6.07) is 6.58. The molecule has 1 aliphatic rings. The molecule has 0 spiro atoms. The van der Waals surface area contributed by atoms with Gasteiger partial charge in [0.2, 0.25) is 5.91 Å². The molecule has 0 radical (unpaired) electrons. The summed E-state index contributed by atoms with van der Waals surface area (Å²) in [6.45, 7) is 0.652. The normalized spacial score (nSPS) is 14.2. The van der Waals surface area contributed by atoms with Crippen LogP contribution in [0.5, 0.6) is 0 Å². The monoisotopic (exact) mass is 251 g/mol. The summed E-state index contributed by atoms with van der Waals surface area (Å²) in [4.78, 5) is 13.1. The molecule has 1 aromatic carbocycles. The molecule has 1 aliphatic carbocycles. The zero-order valence-electron chi connectivity index (χ0n) is 10.2. The highest BCUT2D eigenvalue weighted by Gasteiger charge is 2.11. The molecule has 92 valence electrons. The number of carbonyl (C=O) groups is 1. The van der Waals surface area contributed by atoms with Crippen molar-refractivity contribution in [1.29, 1.82) is 0 Å². The Morgan fingerprint density at radius 2 is 2.00 bits per heavy atom. The standard InChI is InChI=1S/C14H18ClNO/c1-16(14(17)9-15)10-11-6-7-12-4-2-3-5-13(12)8-11/h6-8H,2-5,9-10H2,1H3. The first-order valence-corrected chi connectivity index (χ1v) is 6.65. The maximum Gasteiger partial charge on any atom is 0.237 e. The molecular weight excluding hydrogens is 234 g/mol. The van der Waals surface area contributed by atoms with Crippen molar-refractivity contribution in [2.75, 3.05) is 12.9 Å². The highest BCUT2D eigenvalue weighted by Crippen LogP contribution is 2.22. The van der Waals surface area contributed by atoms with Crippen LogP contribution in [0.15, 0.2) is 18.2 Å². The third kappa shape index (κ3) is 3.01. The van der Waals surface area contributed by atoms with Gasteiger partial charge in [-0.25, -0.2) is 0 Å². The molecule has 0 bridgehead atoms. The van der Waals surface area contributed by atoms with Crippen LogP contribution in [0.1, 0.15) is 29.5 Å². The number of benzene rings is 1. The van der Waals surface area contributed by atoms with Crippen LogP contribution in [0.3, 0.4) is 0 Å². The quantitative estimate of drug-likeness (QED) is 0.757. The number of halogens is 1. The van der Waals surface area contributed by atoms with Crippen LogP contribution in [0, 0.1) is 0 Å². The highest BCUT2D eigenvalue weighted by molar-refractivity contribution is 6.27. The fourth-order valence-electron chi connectivity index (χ4n) is 2.35. The lowest BCUT2D eigenvalue weighted by atomic mass is 9.90. The second-order valence-corrected chi connectivity index (χ2v) is 4.96. The van der Waals surface area contributed by atoms with Gasteiger partial charge in [-0.1, -0.05) is 18.2 Å². The summed E-state index contributed by atoms with van der Waals surface area (Å²) in [5.74, 6) is 0.0333. The molecule has 1 aromatic rings. The van der Waals surface area contributed by atoms with Gasteiger partial charge in [-0.05, 0) is 42.4 Å². The Labute approximate surface area is 108 Å². The smallest absolute Gasteiger partial charge is 0.237 e. The molecule has 0 unspecified atom stereocenters. The van der Waals surface area contributed by atoms with Crippen molar-refractivity contribution >= 4 is 17.5 Å². The number of nitrogens with zero attached hydrogens (tertiary/aromatic N) is 1. The number of amides is 1. The molecule has 3 heteroatoms. The van der Waals surface area contributed by atoms with Crippen LogP contribution in [-0.2, 0) is 24.2 Å². The largest absolute Gasteiger partial charge is 0.340 e. The lowest BCUT2D eigenvalue weighted by Crippen LogP contribution is -2.27. The van der Waals surface area contributed by atoms with E-state index >= 15 is 0 Å². The molecule has 0 saturated carbocycles. The zero-order valence-corrected chi connectivity index (χ0v) is 11.0. The van der Waals surface area contributed by atoms with E-state index in [1.54, 1.807) is 11.9 Å². The molecule has 0 saturated heterocycles. The first kappa shape index (κ1) is 12.4. The summed E-state index contributed by atoms with van der Waals surface area (Å²) in [5.41, 5.74) is 4.14. The average Bonchev–Trinajstić information content (AvgIpc) is 2.37. The Morgan fingerprint density at radius 3 is 2.71 bits per heavy atom. The van der Waals surface area contributed by atoms with Gasteiger partial charge < -0.3 is 4.90 Å². The number of aryl methyl sites for hydroxylation is 2. The molecule has 2 nitrogen and oxygen atoms in total. The SMILES string of the molecule is CN(Cc1ccc2c(c1)CCCC2)C(=O)CCl. The van der Waals surface area contributed by atoms with Gasteiger partial charge in [0.25, 0.3) is 0 Å². The molecule has 17 heavy (non-hydrogen) atoms. The van der Waals surface area contributed by atoms with Gasteiger partial charge in [0.05, 0.1) is 0 Å². The first-order valence-electron chi connectivity index (χ1n) is 6.11. The van der Waals surface area contributed by atoms with E-state index in [4.69, 9.17) is 11.6 Å². The molecular formula is C14H18ClNO. The van der Waals surface area contributed by atoms with E-state index in [2.05, 4.69) is 18.2 Å². The average molecular weight is 252 g/mol. The number of hydrogen-bond acceptors (Lipinski definition) is 1. The Bertz CT molecular complexity index is 417. The maximum absolute atomic E-state index is 11.4. The summed E-state index contributed by atoms with van der Waals surface area (Å²) >= 11 is 5.54.